The number of carbonyl (C=O) groups is 4. The second-order valence-corrected chi connectivity index (χ2v) is 8.33. The number of carbonyl (C=O) groups excluding carboxylic acids is 4. The van der Waals surface area contributed by atoms with E-state index in [9.17, 15) is 19.2 Å². The van der Waals surface area contributed by atoms with Crippen LogP contribution in [0.5, 0.6) is 0 Å². The van der Waals surface area contributed by atoms with Crippen LogP contribution in [0.2, 0.25) is 0 Å². The molecule has 2 saturated heterocycles. The summed E-state index contributed by atoms with van der Waals surface area (Å²) in [6.45, 7) is 3.68. The van der Waals surface area contributed by atoms with Crippen LogP contribution in [0, 0.1) is 0 Å². The second kappa shape index (κ2) is 10.5. The maximum atomic E-state index is 12.9. The second-order valence-electron chi connectivity index (χ2n) is 8.33. The monoisotopic (exact) mass is 464 g/mol. The first-order valence-electron chi connectivity index (χ1n) is 11.4. The van der Waals surface area contributed by atoms with Gasteiger partial charge in [0.2, 0.25) is 5.91 Å². The number of piperidine rings is 1. The zero-order chi connectivity index (χ0) is 24.1. The number of benzene rings is 2. The van der Waals surface area contributed by atoms with E-state index >= 15 is 0 Å². The predicted molar refractivity (Wildman–Crippen MR) is 127 cm³/mol. The number of ether oxygens (including phenoxy) is 1. The molecule has 0 radical (unpaired) electrons. The van der Waals surface area contributed by atoms with Crippen LogP contribution < -0.4 is 10.2 Å². The van der Waals surface area contributed by atoms with Crippen molar-refractivity contribution < 1.29 is 23.9 Å². The van der Waals surface area contributed by atoms with Crippen LogP contribution in [0.4, 0.5) is 16.2 Å². The molecule has 2 heterocycles. The van der Waals surface area contributed by atoms with Crippen LogP contribution in [0.1, 0.15) is 30.1 Å². The van der Waals surface area contributed by atoms with Gasteiger partial charge in [0.15, 0.2) is 0 Å². The molecule has 1 N–H and O–H groups in total. The number of nitrogens with zero attached hydrogens (tertiary/aromatic N) is 3. The van der Waals surface area contributed by atoms with Gasteiger partial charge in [-0.25, -0.2) is 14.5 Å². The van der Waals surface area contributed by atoms with Crippen molar-refractivity contribution in [3.8, 4) is 0 Å². The van der Waals surface area contributed by atoms with E-state index in [1.165, 1.54) is 4.90 Å². The third kappa shape index (κ3) is 5.26. The zero-order valence-corrected chi connectivity index (χ0v) is 19.1. The lowest BCUT2D eigenvalue weighted by Crippen LogP contribution is -2.48. The Kier molecular flexibility index (Phi) is 7.22. The number of hydrogen-bond donors (Lipinski definition) is 1. The number of para-hydroxylation sites is 1. The molecule has 4 rings (SSSR count). The highest BCUT2D eigenvalue weighted by Crippen LogP contribution is 2.26. The number of rotatable bonds is 7. The standard InChI is InChI=1S/C25H28N4O5/c1-2-34-24(32)18-8-10-19(11-9-18)26-22(30)16-27-14-12-20(13-15-27)28-17-23(31)29(25(28)33)21-6-4-3-5-7-21/h3-11,20H,2,12-17H2,1H3,(H,26,30). The summed E-state index contributed by atoms with van der Waals surface area (Å²) in [6.07, 6.45) is 1.40. The first-order chi connectivity index (χ1) is 16.5. The van der Waals surface area contributed by atoms with Crippen LogP contribution >= 0.6 is 0 Å². The van der Waals surface area contributed by atoms with Crippen molar-refractivity contribution in [2.24, 2.45) is 0 Å². The van der Waals surface area contributed by atoms with Crippen LogP contribution in [-0.4, -0.2) is 72.4 Å². The molecular weight excluding hydrogens is 436 g/mol. The van der Waals surface area contributed by atoms with Gasteiger partial charge in [-0.1, -0.05) is 18.2 Å². The molecule has 2 aliphatic heterocycles. The lowest BCUT2D eigenvalue weighted by atomic mass is 10.0. The summed E-state index contributed by atoms with van der Waals surface area (Å²) in [5.74, 6) is -0.759. The Balaban J connectivity index is 1.26. The molecule has 0 aromatic heterocycles. The Morgan fingerprint density at radius 3 is 2.32 bits per heavy atom. The maximum Gasteiger partial charge on any atom is 0.338 e. The van der Waals surface area contributed by atoms with Gasteiger partial charge in [0.1, 0.15) is 6.54 Å². The summed E-state index contributed by atoms with van der Waals surface area (Å²) < 4.78 is 4.96. The van der Waals surface area contributed by atoms with E-state index in [-0.39, 0.29) is 37.0 Å². The lowest BCUT2D eigenvalue weighted by molar-refractivity contribution is -0.117. The van der Waals surface area contributed by atoms with Crippen molar-refractivity contribution in [2.45, 2.75) is 25.8 Å². The molecule has 0 saturated carbocycles. The number of anilines is 2. The average Bonchev–Trinajstić information content (AvgIpc) is 3.14. The Morgan fingerprint density at radius 2 is 1.68 bits per heavy atom. The van der Waals surface area contributed by atoms with E-state index in [1.807, 2.05) is 11.0 Å². The molecular formula is C25H28N4O5. The molecule has 9 nitrogen and oxygen atoms in total. The van der Waals surface area contributed by atoms with Crippen LogP contribution in [-0.2, 0) is 14.3 Å². The van der Waals surface area contributed by atoms with Crippen LogP contribution in [0.25, 0.3) is 0 Å². The van der Waals surface area contributed by atoms with Gasteiger partial charge >= 0.3 is 12.0 Å². The van der Waals surface area contributed by atoms with E-state index < -0.39 is 5.97 Å². The highest BCUT2D eigenvalue weighted by Gasteiger charge is 2.41. The van der Waals surface area contributed by atoms with Crippen molar-refractivity contribution in [2.75, 3.05) is 43.0 Å². The summed E-state index contributed by atoms with van der Waals surface area (Å²) in [6, 6.07) is 15.2. The first-order valence-corrected chi connectivity index (χ1v) is 11.4. The number of likely N-dealkylation sites (tertiary alicyclic amines) is 1. The summed E-state index contributed by atoms with van der Waals surface area (Å²) in [5.41, 5.74) is 1.63. The molecule has 0 unspecified atom stereocenters. The van der Waals surface area contributed by atoms with E-state index in [2.05, 4.69) is 5.32 Å². The van der Waals surface area contributed by atoms with Crippen molar-refractivity contribution in [1.82, 2.24) is 9.80 Å². The van der Waals surface area contributed by atoms with Gasteiger partial charge in [-0.15, -0.1) is 0 Å². The highest BCUT2D eigenvalue weighted by atomic mass is 16.5. The van der Waals surface area contributed by atoms with Crippen molar-refractivity contribution in [1.29, 1.82) is 0 Å². The minimum Gasteiger partial charge on any atom is -0.462 e. The molecule has 4 amide bonds. The molecule has 2 aromatic rings. The summed E-state index contributed by atoms with van der Waals surface area (Å²) in [7, 11) is 0. The third-order valence-corrected chi connectivity index (χ3v) is 6.05. The topological polar surface area (TPSA) is 99.3 Å². The zero-order valence-electron chi connectivity index (χ0n) is 19.1. The molecule has 9 heteroatoms. The summed E-state index contributed by atoms with van der Waals surface area (Å²) >= 11 is 0. The van der Waals surface area contributed by atoms with E-state index in [4.69, 9.17) is 4.74 Å². The first kappa shape index (κ1) is 23.4. The largest absolute Gasteiger partial charge is 0.462 e. The molecule has 2 fully saturated rings. The van der Waals surface area contributed by atoms with Gasteiger partial charge in [0, 0.05) is 24.8 Å². The van der Waals surface area contributed by atoms with E-state index in [1.54, 1.807) is 60.4 Å². The van der Waals surface area contributed by atoms with Gasteiger partial charge in [0.25, 0.3) is 5.91 Å². The predicted octanol–water partition coefficient (Wildman–Crippen LogP) is 2.74. The molecule has 0 aliphatic carbocycles. The summed E-state index contributed by atoms with van der Waals surface area (Å²) in [5, 5.41) is 2.84. The fraction of sp³-hybridized carbons (Fsp3) is 0.360. The van der Waals surface area contributed by atoms with Crippen LogP contribution in [0.3, 0.4) is 0 Å². The smallest absolute Gasteiger partial charge is 0.338 e. The average molecular weight is 465 g/mol. The highest BCUT2D eigenvalue weighted by molar-refractivity contribution is 6.19. The van der Waals surface area contributed by atoms with Gasteiger partial charge in [-0.2, -0.15) is 0 Å². The van der Waals surface area contributed by atoms with Gasteiger partial charge in [0.05, 0.1) is 24.4 Å². The fourth-order valence-electron chi connectivity index (χ4n) is 4.33. The van der Waals surface area contributed by atoms with Gasteiger partial charge in [-0.3, -0.25) is 14.5 Å². The Bertz CT molecular complexity index is 1050. The number of amides is 4. The summed E-state index contributed by atoms with van der Waals surface area (Å²) in [4.78, 5) is 54.5. The van der Waals surface area contributed by atoms with Crippen molar-refractivity contribution in [3.05, 3.63) is 60.2 Å². The molecule has 0 bridgehead atoms. The van der Waals surface area contributed by atoms with Crippen molar-refractivity contribution in [3.63, 3.8) is 0 Å². The number of nitrogens with one attached hydrogen (secondary N) is 1. The molecule has 0 spiro atoms. The molecule has 0 atom stereocenters. The van der Waals surface area contributed by atoms with Crippen molar-refractivity contribution >= 4 is 35.2 Å². The number of esters is 1. The van der Waals surface area contributed by atoms with E-state index in [0.29, 0.717) is 49.5 Å². The number of urea groups is 1. The normalized spacial score (nSPS) is 17.2. The Hall–Kier alpha value is -3.72. The molecule has 178 valence electrons. The maximum absolute atomic E-state index is 12.9. The molecule has 2 aliphatic rings. The Morgan fingerprint density at radius 1 is 1.00 bits per heavy atom. The molecule has 2 aromatic carbocycles. The lowest BCUT2D eigenvalue weighted by Gasteiger charge is -2.35. The number of hydrogen-bond acceptors (Lipinski definition) is 6. The fourth-order valence-corrected chi connectivity index (χ4v) is 4.33. The number of imide groups is 1. The SMILES string of the molecule is CCOC(=O)c1ccc(NC(=O)CN2CCC(N3CC(=O)N(c4ccccc4)C3=O)CC2)cc1. The molecule has 34 heavy (non-hydrogen) atoms. The minimum atomic E-state index is -0.395. The minimum absolute atomic E-state index is 0.0279. The van der Waals surface area contributed by atoms with Gasteiger partial charge < -0.3 is 15.0 Å². The third-order valence-electron chi connectivity index (χ3n) is 6.05. The quantitative estimate of drug-likeness (QED) is 0.500. The van der Waals surface area contributed by atoms with E-state index in [0.717, 1.165) is 0 Å². The Labute approximate surface area is 198 Å². The van der Waals surface area contributed by atoms with Gasteiger partial charge in [-0.05, 0) is 56.2 Å². The van der Waals surface area contributed by atoms with Crippen LogP contribution in [0.15, 0.2) is 54.6 Å².